The Labute approximate surface area is 71.2 Å². The maximum atomic E-state index is 10.9. The van der Waals surface area contributed by atoms with Crippen molar-refractivity contribution in [1.82, 2.24) is 10.6 Å². The van der Waals surface area contributed by atoms with Crippen LogP contribution < -0.4 is 16.4 Å². The Morgan fingerprint density at radius 2 is 2.25 bits per heavy atom. The quantitative estimate of drug-likeness (QED) is 0.347. The van der Waals surface area contributed by atoms with Gasteiger partial charge in [-0.3, -0.25) is 5.41 Å². The fourth-order valence-corrected chi connectivity index (χ4v) is 0.775. The average molecular weight is 170 g/mol. The third kappa shape index (κ3) is 3.80. The van der Waals surface area contributed by atoms with Crippen molar-refractivity contribution < 1.29 is 4.79 Å². The zero-order chi connectivity index (χ0) is 8.97. The van der Waals surface area contributed by atoms with E-state index < -0.39 is 0 Å². The number of carbonyl (C=O) groups excluding carboxylic acids is 1. The van der Waals surface area contributed by atoms with E-state index in [0.29, 0.717) is 19.0 Å². The summed E-state index contributed by atoms with van der Waals surface area (Å²) in [6.45, 7) is 0.438. The largest absolute Gasteiger partial charge is 0.388 e. The summed E-state index contributed by atoms with van der Waals surface area (Å²) in [6, 6.07) is 0.223. The van der Waals surface area contributed by atoms with Gasteiger partial charge in [0.25, 0.3) is 0 Å². The van der Waals surface area contributed by atoms with Crippen LogP contribution in [0.15, 0.2) is 0 Å². The smallest absolute Gasteiger partial charge is 0.315 e. The molecule has 5 nitrogen and oxygen atoms in total. The van der Waals surface area contributed by atoms with Gasteiger partial charge in [0.05, 0.1) is 5.84 Å². The molecule has 1 saturated carbocycles. The van der Waals surface area contributed by atoms with Crippen molar-refractivity contribution in [2.45, 2.75) is 25.3 Å². The first-order valence-corrected chi connectivity index (χ1v) is 4.06. The number of amidine groups is 1. The van der Waals surface area contributed by atoms with Crippen LogP contribution in [-0.2, 0) is 0 Å². The third-order valence-electron chi connectivity index (χ3n) is 1.59. The first-order chi connectivity index (χ1) is 5.68. The summed E-state index contributed by atoms with van der Waals surface area (Å²) in [5, 5.41) is 12.3. The van der Waals surface area contributed by atoms with Crippen LogP contribution in [0.2, 0.25) is 0 Å². The molecule has 5 N–H and O–H groups in total. The number of hydrogen-bond donors (Lipinski definition) is 4. The molecule has 0 unspecified atom stereocenters. The van der Waals surface area contributed by atoms with E-state index >= 15 is 0 Å². The Bertz CT molecular complexity index is 188. The Kier molecular flexibility index (Phi) is 2.90. The van der Waals surface area contributed by atoms with Gasteiger partial charge in [-0.05, 0) is 12.8 Å². The molecule has 0 saturated heterocycles. The molecular weight excluding hydrogens is 156 g/mol. The molecule has 12 heavy (non-hydrogen) atoms. The topological polar surface area (TPSA) is 91.0 Å². The van der Waals surface area contributed by atoms with Crippen molar-refractivity contribution in [3.05, 3.63) is 0 Å². The SMILES string of the molecule is N=C(N)CCNC(=O)NC1CC1. The lowest BCUT2D eigenvalue weighted by Gasteiger charge is -2.04. The molecule has 0 aliphatic heterocycles. The highest BCUT2D eigenvalue weighted by molar-refractivity contribution is 5.78. The molecule has 1 fully saturated rings. The Balaban J connectivity index is 1.97. The van der Waals surface area contributed by atoms with Gasteiger partial charge in [0.15, 0.2) is 0 Å². The monoisotopic (exact) mass is 170 g/mol. The summed E-state index contributed by atoms with van der Waals surface area (Å²) in [5.41, 5.74) is 5.10. The third-order valence-corrected chi connectivity index (χ3v) is 1.59. The zero-order valence-electron chi connectivity index (χ0n) is 6.89. The van der Waals surface area contributed by atoms with Gasteiger partial charge < -0.3 is 16.4 Å². The van der Waals surface area contributed by atoms with Crippen LogP contribution in [0.5, 0.6) is 0 Å². The van der Waals surface area contributed by atoms with Crippen LogP contribution in [0.4, 0.5) is 4.79 Å². The van der Waals surface area contributed by atoms with Crippen LogP contribution in [0, 0.1) is 5.41 Å². The first kappa shape index (κ1) is 8.83. The van der Waals surface area contributed by atoms with Crippen molar-refractivity contribution in [3.63, 3.8) is 0 Å². The molecule has 1 aliphatic rings. The predicted octanol–water partition coefficient (Wildman–Crippen LogP) is -0.226. The van der Waals surface area contributed by atoms with E-state index in [0.717, 1.165) is 12.8 Å². The number of amides is 2. The molecule has 68 valence electrons. The number of nitrogens with two attached hydrogens (primary N) is 1. The van der Waals surface area contributed by atoms with E-state index in [-0.39, 0.29) is 11.9 Å². The number of nitrogens with one attached hydrogen (secondary N) is 3. The van der Waals surface area contributed by atoms with Crippen molar-refractivity contribution >= 4 is 11.9 Å². The lowest BCUT2D eigenvalue weighted by atomic mass is 10.4. The minimum Gasteiger partial charge on any atom is -0.388 e. The summed E-state index contributed by atoms with van der Waals surface area (Å²) in [4.78, 5) is 10.9. The van der Waals surface area contributed by atoms with Gasteiger partial charge in [0, 0.05) is 19.0 Å². The highest BCUT2D eigenvalue weighted by Gasteiger charge is 2.22. The molecule has 0 aromatic rings. The fraction of sp³-hybridized carbons (Fsp3) is 0.714. The summed E-state index contributed by atoms with van der Waals surface area (Å²) < 4.78 is 0. The molecular formula is C7H14N4O. The molecule has 1 rings (SSSR count). The number of hydrogen-bond acceptors (Lipinski definition) is 2. The summed E-state index contributed by atoms with van der Waals surface area (Å²) in [7, 11) is 0. The van der Waals surface area contributed by atoms with Crippen LogP contribution in [0.25, 0.3) is 0 Å². The van der Waals surface area contributed by atoms with Crippen LogP contribution >= 0.6 is 0 Å². The number of urea groups is 1. The Morgan fingerprint density at radius 3 is 2.75 bits per heavy atom. The van der Waals surface area contributed by atoms with E-state index in [9.17, 15) is 4.79 Å². The summed E-state index contributed by atoms with van der Waals surface area (Å²) >= 11 is 0. The molecule has 0 bridgehead atoms. The van der Waals surface area contributed by atoms with Gasteiger partial charge in [-0.2, -0.15) is 0 Å². The lowest BCUT2D eigenvalue weighted by molar-refractivity contribution is 0.241. The van der Waals surface area contributed by atoms with Crippen molar-refractivity contribution in [3.8, 4) is 0 Å². The van der Waals surface area contributed by atoms with Crippen molar-refractivity contribution in [1.29, 1.82) is 5.41 Å². The van der Waals surface area contributed by atoms with Gasteiger partial charge in [-0.1, -0.05) is 0 Å². The second-order valence-electron chi connectivity index (χ2n) is 2.95. The van der Waals surface area contributed by atoms with Gasteiger partial charge in [0.2, 0.25) is 0 Å². The lowest BCUT2D eigenvalue weighted by Crippen LogP contribution is -2.38. The minimum atomic E-state index is -0.154. The first-order valence-electron chi connectivity index (χ1n) is 4.06. The van der Waals surface area contributed by atoms with Gasteiger partial charge in [-0.25, -0.2) is 4.79 Å². The normalized spacial score (nSPS) is 15.3. The number of rotatable bonds is 4. The van der Waals surface area contributed by atoms with E-state index in [2.05, 4.69) is 10.6 Å². The van der Waals surface area contributed by atoms with Gasteiger partial charge in [-0.15, -0.1) is 0 Å². The predicted molar refractivity (Wildman–Crippen MR) is 46.1 cm³/mol. The van der Waals surface area contributed by atoms with E-state index in [4.69, 9.17) is 11.1 Å². The highest BCUT2D eigenvalue weighted by atomic mass is 16.2. The second kappa shape index (κ2) is 3.94. The van der Waals surface area contributed by atoms with E-state index in [1.165, 1.54) is 0 Å². The van der Waals surface area contributed by atoms with Crippen LogP contribution in [0.3, 0.4) is 0 Å². The Hall–Kier alpha value is -1.26. The maximum Gasteiger partial charge on any atom is 0.315 e. The van der Waals surface area contributed by atoms with Crippen LogP contribution in [0.1, 0.15) is 19.3 Å². The molecule has 0 radical (unpaired) electrons. The fourth-order valence-electron chi connectivity index (χ4n) is 0.775. The summed E-state index contributed by atoms with van der Waals surface area (Å²) in [6.07, 6.45) is 2.58. The van der Waals surface area contributed by atoms with E-state index in [1.54, 1.807) is 0 Å². The molecule has 0 atom stereocenters. The molecule has 0 aromatic carbocycles. The maximum absolute atomic E-state index is 10.9. The van der Waals surface area contributed by atoms with Gasteiger partial charge >= 0.3 is 6.03 Å². The molecule has 0 heterocycles. The zero-order valence-corrected chi connectivity index (χ0v) is 6.89. The molecule has 5 heteroatoms. The van der Waals surface area contributed by atoms with Crippen molar-refractivity contribution in [2.24, 2.45) is 5.73 Å². The molecule has 0 aromatic heterocycles. The molecule has 1 aliphatic carbocycles. The van der Waals surface area contributed by atoms with Crippen LogP contribution in [-0.4, -0.2) is 24.5 Å². The highest BCUT2D eigenvalue weighted by Crippen LogP contribution is 2.17. The average Bonchev–Trinajstić information content (AvgIpc) is 2.70. The Morgan fingerprint density at radius 1 is 1.58 bits per heavy atom. The molecule has 2 amide bonds. The standard InChI is InChI=1S/C7H14N4O/c8-6(9)3-4-10-7(12)11-5-1-2-5/h5H,1-4H2,(H3,8,9)(H2,10,11,12). The second-order valence-corrected chi connectivity index (χ2v) is 2.95. The van der Waals surface area contributed by atoms with Crippen molar-refractivity contribution in [2.75, 3.05) is 6.54 Å². The molecule has 0 spiro atoms. The minimum absolute atomic E-state index is 0.0988. The number of carbonyl (C=O) groups is 1. The van der Waals surface area contributed by atoms with E-state index in [1.807, 2.05) is 0 Å². The van der Waals surface area contributed by atoms with Gasteiger partial charge in [0.1, 0.15) is 0 Å². The summed E-state index contributed by atoms with van der Waals surface area (Å²) in [5.74, 6) is 0.0988.